The first-order valence-corrected chi connectivity index (χ1v) is 7.49. The molecule has 18 heavy (non-hydrogen) atoms. The fourth-order valence-corrected chi connectivity index (χ4v) is 3.23. The van der Waals surface area contributed by atoms with Gasteiger partial charge < -0.3 is 10.5 Å². The molecule has 0 aliphatic carbocycles. The van der Waals surface area contributed by atoms with Gasteiger partial charge in [-0.1, -0.05) is 12.2 Å². The highest BCUT2D eigenvalue weighted by Gasteiger charge is 2.24. The van der Waals surface area contributed by atoms with Crippen LogP contribution < -0.4 is 10.5 Å². The Kier molecular flexibility index (Phi) is 3.83. The second-order valence-electron chi connectivity index (χ2n) is 4.04. The topological polar surface area (TPSA) is 110 Å². The number of H-pyrrole nitrogens is 1. The highest BCUT2D eigenvalue weighted by atomic mass is 32.2. The van der Waals surface area contributed by atoms with Gasteiger partial charge in [-0.15, -0.1) is 0 Å². The molecule has 2 rings (SSSR count). The van der Waals surface area contributed by atoms with E-state index in [0.29, 0.717) is 12.2 Å². The highest BCUT2D eigenvalue weighted by molar-refractivity contribution is 7.92. The van der Waals surface area contributed by atoms with Gasteiger partial charge in [0.05, 0.1) is 23.6 Å². The van der Waals surface area contributed by atoms with Crippen LogP contribution in [0.5, 0.6) is 0 Å². The van der Waals surface area contributed by atoms with Crippen LogP contribution in [-0.2, 0) is 14.8 Å². The van der Waals surface area contributed by atoms with Gasteiger partial charge in [-0.25, -0.2) is 8.42 Å². The maximum Gasteiger partial charge on any atom is 0.236 e. The van der Waals surface area contributed by atoms with E-state index in [1.807, 2.05) is 0 Å². The molecule has 1 aliphatic heterocycles. The van der Waals surface area contributed by atoms with Crippen molar-refractivity contribution >= 4 is 33.0 Å². The number of aromatic nitrogens is 2. The molecule has 4 N–H and O–H groups in total. The lowest BCUT2D eigenvalue weighted by atomic mass is 10.3. The van der Waals surface area contributed by atoms with Crippen LogP contribution in [0, 0.1) is 0 Å². The van der Waals surface area contributed by atoms with Gasteiger partial charge in [-0.3, -0.25) is 9.82 Å². The lowest BCUT2D eigenvalue weighted by Gasteiger charge is -2.11. The molecule has 0 bridgehead atoms. The average molecular weight is 290 g/mol. The SMILES string of the molecule is NC(=S)c1cn[nH]c1NS(=O)(=O)CC1CCCO1. The molecule has 1 fully saturated rings. The molecule has 0 radical (unpaired) electrons. The van der Waals surface area contributed by atoms with Gasteiger partial charge in [0.2, 0.25) is 10.0 Å². The Balaban J connectivity index is 2.07. The van der Waals surface area contributed by atoms with Crippen molar-refractivity contribution in [3.8, 4) is 0 Å². The Morgan fingerprint density at radius 2 is 2.50 bits per heavy atom. The van der Waals surface area contributed by atoms with Crippen LogP contribution in [0.15, 0.2) is 6.20 Å². The molecule has 1 aromatic rings. The van der Waals surface area contributed by atoms with Crippen LogP contribution in [0.25, 0.3) is 0 Å². The Hall–Kier alpha value is -1.19. The summed E-state index contributed by atoms with van der Waals surface area (Å²) >= 11 is 4.79. The van der Waals surface area contributed by atoms with Gasteiger partial charge in [-0.05, 0) is 12.8 Å². The summed E-state index contributed by atoms with van der Waals surface area (Å²) in [6, 6.07) is 0. The summed E-state index contributed by atoms with van der Waals surface area (Å²) in [5.41, 5.74) is 5.83. The molecule has 1 aliphatic rings. The summed E-state index contributed by atoms with van der Waals surface area (Å²) < 4.78 is 31.5. The molecular weight excluding hydrogens is 276 g/mol. The number of aromatic amines is 1. The van der Waals surface area contributed by atoms with Gasteiger partial charge in [0.1, 0.15) is 10.8 Å². The monoisotopic (exact) mass is 290 g/mol. The van der Waals surface area contributed by atoms with Gasteiger partial charge in [0, 0.05) is 6.61 Å². The maximum atomic E-state index is 11.9. The fourth-order valence-electron chi connectivity index (χ4n) is 1.77. The number of anilines is 1. The summed E-state index contributed by atoms with van der Waals surface area (Å²) in [4.78, 5) is 0.0820. The van der Waals surface area contributed by atoms with Gasteiger partial charge in [-0.2, -0.15) is 5.10 Å². The van der Waals surface area contributed by atoms with Crippen LogP contribution in [0.2, 0.25) is 0 Å². The van der Waals surface area contributed by atoms with Crippen LogP contribution in [0.1, 0.15) is 18.4 Å². The molecule has 1 saturated heterocycles. The van der Waals surface area contributed by atoms with Crippen molar-refractivity contribution in [2.24, 2.45) is 5.73 Å². The minimum atomic E-state index is -3.51. The summed E-state index contributed by atoms with van der Waals surface area (Å²) in [5, 5.41) is 6.23. The molecule has 0 aromatic carbocycles. The van der Waals surface area contributed by atoms with Crippen molar-refractivity contribution in [3.63, 3.8) is 0 Å². The predicted molar refractivity (Wildman–Crippen MR) is 70.9 cm³/mol. The van der Waals surface area contributed by atoms with Crippen molar-refractivity contribution in [1.82, 2.24) is 10.2 Å². The molecule has 0 spiro atoms. The van der Waals surface area contributed by atoms with Gasteiger partial charge in [0.15, 0.2) is 0 Å². The van der Waals surface area contributed by atoms with Crippen LogP contribution in [0.4, 0.5) is 5.82 Å². The lowest BCUT2D eigenvalue weighted by Crippen LogP contribution is -2.26. The molecule has 7 nitrogen and oxygen atoms in total. The molecule has 9 heteroatoms. The molecule has 1 atom stereocenters. The minimum Gasteiger partial charge on any atom is -0.389 e. The quantitative estimate of drug-likeness (QED) is 0.657. The summed E-state index contributed by atoms with van der Waals surface area (Å²) in [7, 11) is -3.51. The van der Waals surface area contributed by atoms with Crippen molar-refractivity contribution in [3.05, 3.63) is 11.8 Å². The van der Waals surface area contributed by atoms with Crippen molar-refractivity contribution in [2.75, 3.05) is 17.1 Å². The van der Waals surface area contributed by atoms with Crippen molar-refractivity contribution < 1.29 is 13.2 Å². The van der Waals surface area contributed by atoms with E-state index in [4.69, 9.17) is 22.7 Å². The molecular formula is C9H14N4O3S2. The zero-order chi connectivity index (χ0) is 13.2. The number of sulfonamides is 1. The maximum absolute atomic E-state index is 11.9. The Bertz CT molecular complexity index is 534. The van der Waals surface area contributed by atoms with Gasteiger partial charge in [0.25, 0.3) is 0 Å². The number of hydrogen-bond donors (Lipinski definition) is 3. The number of rotatable bonds is 5. The third-order valence-corrected chi connectivity index (χ3v) is 4.14. The van der Waals surface area contributed by atoms with Crippen LogP contribution in [0.3, 0.4) is 0 Å². The summed E-state index contributed by atoms with van der Waals surface area (Å²) in [6.07, 6.45) is 2.78. The van der Waals surface area contributed by atoms with Gasteiger partial charge >= 0.3 is 0 Å². The largest absolute Gasteiger partial charge is 0.389 e. The Morgan fingerprint density at radius 1 is 1.72 bits per heavy atom. The zero-order valence-electron chi connectivity index (χ0n) is 9.55. The molecule has 100 valence electrons. The first-order chi connectivity index (χ1) is 8.48. The predicted octanol–water partition coefficient (Wildman–Crippen LogP) is -0.0354. The Morgan fingerprint density at radius 3 is 3.11 bits per heavy atom. The average Bonchev–Trinajstić information content (AvgIpc) is 2.87. The number of nitrogens with one attached hydrogen (secondary N) is 2. The van der Waals surface area contributed by atoms with E-state index in [2.05, 4.69) is 14.9 Å². The lowest BCUT2D eigenvalue weighted by molar-refractivity contribution is 0.127. The van der Waals surface area contributed by atoms with Crippen LogP contribution in [-0.4, -0.2) is 42.1 Å². The second-order valence-corrected chi connectivity index (χ2v) is 6.25. The van der Waals surface area contributed by atoms with E-state index in [1.54, 1.807) is 0 Å². The zero-order valence-corrected chi connectivity index (χ0v) is 11.2. The number of hydrogen-bond acceptors (Lipinski definition) is 5. The molecule has 1 aromatic heterocycles. The van der Waals surface area contributed by atoms with E-state index in [1.165, 1.54) is 6.20 Å². The standard InChI is InChI=1S/C9H14N4O3S2/c10-8(17)7-4-11-12-9(7)13-18(14,15)5-6-2-1-3-16-6/h4,6H,1-3,5H2,(H2,10,17)(H2,11,12,13). The number of nitrogens with zero attached hydrogens (tertiary/aromatic N) is 1. The van der Waals surface area contributed by atoms with E-state index < -0.39 is 10.0 Å². The first-order valence-electron chi connectivity index (χ1n) is 5.43. The molecule has 0 saturated carbocycles. The number of nitrogens with two attached hydrogens (primary N) is 1. The van der Waals surface area contributed by atoms with Crippen LogP contribution >= 0.6 is 12.2 Å². The van der Waals surface area contributed by atoms with Crippen molar-refractivity contribution in [2.45, 2.75) is 18.9 Å². The minimum absolute atomic E-state index is 0.0806. The normalized spacial score (nSPS) is 19.9. The third kappa shape index (κ3) is 3.18. The molecule has 0 amide bonds. The molecule has 2 heterocycles. The fraction of sp³-hybridized carbons (Fsp3) is 0.556. The summed E-state index contributed by atoms with van der Waals surface area (Å²) in [6.45, 7) is 0.613. The van der Waals surface area contributed by atoms with E-state index >= 15 is 0 Å². The smallest absolute Gasteiger partial charge is 0.236 e. The van der Waals surface area contributed by atoms with E-state index in [0.717, 1.165) is 12.8 Å². The van der Waals surface area contributed by atoms with E-state index in [9.17, 15) is 8.42 Å². The third-order valence-electron chi connectivity index (χ3n) is 2.59. The Labute approximate surface area is 110 Å². The first kappa shape index (κ1) is 13.2. The highest BCUT2D eigenvalue weighted by Crippen LogP contribution is 2.17. The molecule has 1 unspecified atom stereocenters. The summed E-state index contributed by atoms with van der Waals surface area (Å²) in [5.74, 6) is 0.114. The number of thiocarbonyl (C=S) groups is 1. The second kappa shape index (κ2) is 5.21. The van der Waals surface area contributed by atoms with Crippen molar-refractivity contribution in [1.29, 1.82) is 0 Å². The van der Waals surface area contributed by atoms with E-state index in [-0.39, 0.29) is 22.7 Å². The number of ether oxygens (including phenoxy) is 1.